The summed E-state index contributed by atoms with van der Waals surface area (Å²) in [5, 5.41) is 4.27. The molecule has 3 rings (SSSR count). The Morgan fingerprint density at radius 3 is 2.72 bits per heavy atom. The van der Waals surface area contributed by atoms with Crippen LogP contribution in [0.15, 0.2) is 28.7 Å². The summed E-state index contributed by atoms with van der Waals surface area (Å²) in [7, 11) is 0. The number of aromatic nitrogens is 1. The van der Waals surface area contributed by atoms with Crippen molar-refractivity contribution in [3.05, 3.63) is 24.3 Å². The number of hydrogen-bond acceptors (Lipinski definition) is 4. The molecule has 0 atom stereocenters. The molecule has 4 heteroatoms. The minimum atomic E-state index is 0.515. The number of hydrogen-bond donors (Lipinski definition) is 1. The fourth-order valence-corrected chi connectivity index (χ4v) is 3.30. The third kappa shape index (κ3) is 2.48. The Morgan fingerprint density at radius 1 is 1.22 bits per heavy atom. The zero-order valence-electron chi connectivity index (χ0n) is 10.6. The fourth-order valence-electron chi connectivity index (χ4n) is 2.55. The van der Waals surface area contributed by atoms with Gasteiger partial charge in [0.15, 0.2) is 5.58 Å². The average molecular weight is 262 g/mol. The van der Waals surface area contributed by atoms with Crippen LogP contribution in [0.1, 0.15) is 25.7 Å². The van der Waals surface area contributed by atoms with Gasteiger partial charge in [0, 0.05) is 11.3 Å². The van der Waals surface area contributed by atoms with Crippen molar-refractivity contribution in [2.24, 2.45) is 0 Å². The number of benzene rings is 1. The van der Waals surface area contributed by atoms with Crippen LogP contribution >= 0.6 is 11.8 Å². The van der Waals surface area contributed by atoms with E-state index >= 15 is 0 Å². The Balaban J connectivity index is 1.66. The van der Waals surface area contributed by atoms with Crippen molar-refractivity contribution in [2.45, 2.75) is 37.0 Å². The lowest BCUT2D eigenvalue weighted by atomic mass is 9.95. The Hall–Kier alpha value is -1.16. The fraction of sp³-hybridized carbons (Fsp3) is 0.500. The highest BCUT2D eigenvalue weighted by Crippen LogP contribution is 2.29. The maximum absolute atomic E-state index is 5.70. The summed E-state index contributed by atoms with van der Waals surface area (Å²) in [6.45, 7) is 0. The van der Waals surface area contributed by atoms with E-state index in [1.54, 1.807) is 0 Å². The topological polar surface area (TPSA) is 38.1 Å². The Labute approximate surface area is 111 Å². The lowest BCUT2D eigenvalue weighted by Gasteiger charge is -2.27. The predicted octanol–water partition coefficient (Wildman–Crippen LogP) is 3.91. The van der Waals surface area contributed by atoms with E-state index in [4.69, 9.17) is 4.42 Å². The summed E-state index contributed by atoms with van der Waals surface area (Å²) in [5.41, 5.74) is 1.79. The molecule has 0 saturated heterocycles. The number of para-hydroxylation sites is 2. The van der Waals surface area contributed by atoms with Gasteiger partial charge in [-0.25, -0.2) is 0 Å². The molecule has 1 fully saturated rings. The van der Waals surface area contributed by atoms with Crippen LogP contribution in [0, 0.1) is 0 Å². The van der Waals surface area contributed by atoms with Crippen LogP contribution in [-0.4, -0.2) is 22.5 Å². The molecule has 1 saturated carbocycles. The number of nitrogens with zero attached hydrogens (tertiary/aromatic N) is 1. The molecule has 1 N–H and O–H groups in total. The van der Waals surface area contributed by atoms with Gasteiger partial charge in [-0.1, -0.05) is 12.1 Å². The van der Waals surface area contributed by atoms with Crippen LogP contribution < -0.4 is 5.32 Å². The molecule has 1 heterocycles. The summed E-state index contributed by atoms with van der Waals surface area (Å²) in [5.74, 6) is 0. The van der Waals surface area contributed by atoms with Gasteiger partial charge < -0.3 is 9.73 Å². The number of anilines is 1. The van der Waals surface area contributed by atoms with Gasteiger partial charge in [-0.15, -0.1) is 0 Å². The first-order valence-electron chi connectivity index (χ1n) is 6.50. The van der Waals surface area contributed by atoms with Gasteiger partial charge in [0.25, 0.3) is 6.01 Å². The quantitative estimate of drug-likeness (QED) is 0.910. The molecule has 0 aliphatic heterocycles. The van der Waals surface area contributed by atoms with Crippen molar-refractivity contribution < 1.29 is 4.42 Å². The van der Waals surface area contributed by atoms with Crippen LogP contribution in [0.25, 0.3) is 11.1 Å². The van der Waals surface area contributed by atoms with Gasteiger partial charge in [0.05, 0.1) is 0 Å². The third-order valence-corrected chi connectivity index (χ3v) is 4.77. The average Bonchev–Trinajstić information content (AvgIpc) is 2.82. The highest BCUT2D eigenvalue weighted by atomic mass is 32.2. The monoisotopic (exact) mass is 262 g/mol. The first-order chi connectivity index (χ1) is 8.85. The van der Waals surface area contributed by atoms with Gasteiger partial charge in [-0.05, 0) is 44.1 Å². The second-order valence-corrected chi connectivity index (χ2v) is 5.98. The summed E-state index contributed by atoms with van der Waals surface area (Å²) < 4.78 is 5.70. The predicted molar refractivity (Wildman–Crippen MR) is 77.2 cm³/mol. The molecular formula is C14H18N2OS. The molecule has 0 amide bonds. The number of thioether (sulfide) groups is 1. The molecule has 0 unspecified atom stereocenters. The van der Waals surface area contributed by atoms with Gasteiger partial charge in [-0.2, -0.15) is 16.7 Å². The van der Waals surface area contributed by atoms with E-state index in [9.17, 15) is 0 Å². The van der Waals surface area contributed by atoms with Crippen LogP contribution in [0.5, 0.6) is 0 Å². The summed E-state index contributed by atoms with van der Waals surface area (Å²) in [6.07, 6.45) is 7.21. The summed E-state index contributed by atoms with van der Waals surface area (Å²) in [6, 6.07) is 9.08. The molecule has 1 aliphatic carbocycles. The molecule has 1 aromatic carbocycles. The van der Waals surface area contributed by atoms with Crippen molar-refractivity contribution in [3.63, 3.8) is 0 Å². The lowest BCUT2D eigenvalue weighted by Crippen LogP contribution is -2.27. The summed E-state index contributed by atoms with van der Waals surface area (Å²) >= 11 is 1.99. The zero-order valence-corrected chi connectivity index (χ0v) is 11.4. The minimum Gasteiger partial charge on any atom is -0.424 e. The van der Waals surface area contributed by atoms with E-state index in [0.29, 0.717) is 12.1 Å². The maximum Gasteiger partial charge on any atom is 0.295 e. The van der Waals surface area contributed by atoms with E-state index in [0.717, 1.165) is 16.3 Å². The van der Waals surface area contributed by atoms with Gasteiger partial charge >= 0.3 is 0 Å². The van der Waals surface area contributed by atoms with Crippen molar-refractivity contribution >= 4 is 28.9 Å². The van der Waals surface area contributed by atoms with Crippen LogP contribution in [0.4, 0.5) is 6.01 Å². The number of oxazole rings is 1. The smallest absolute Gasteiger partial charge is 0.295 e. The van der Waals surface area contributed by atoms with E-state index < -0.39 is 0 Å². The van der Waals surface area contributed by atoms with E-state index in [1.165, 1.54) is 25.7 Å². The second-order valence-electron chi connectivity index (χ2n) is 4.84. The Kier molecular flexibility index (Phi) is 3.46. The van der Waals surface area contributed by atoms with Crippen LogP contribution in [-0.2, 0) is 0 Å². The van der Waals surface area contributed by atoms with Gasteiger partial charge in [-0.3, -0.25) is 0 Å². The first kappa shape index (κ1) is 11.9. The second kappa shape index (κ2) is 5.22. The Morgan fingerprint density at radius 2 is 2.00 bits per heavy atom. The highest BCUT2D eigenvalue weighted by Gasteiger charge is 2.21. The van der Waals surface area contributed by atoms with Crippen molar-refractivity contribution in [3.8, 4) is 0 Å². The molecule has 3 nitrogen and oxygen atoms in total. The molecule has 1 aliphatic rings. The molecule has 1 aromatic heterocycles. The number of rotatable bonds is 3. The molecule has 0 spiro atoms. The minimum absolute atomic E-state index is 0.515. The summed E-state index contributed by atoms with van der Waals surface area (Å²) in [4.78, 5) is 4.46. The normalized spacial score (nSPS) is 24.3. The third-order valence-electron chi connectivity index (χ3n) is 3.63. The molecule has 0 bridgehead atoms. The molecular weight excluding hydrogens is 244 g/mol. The Bertz CT molecular complexity index is 484. The SMILES string of the molecule is CSC1CCC(Nc2nc3ccccc3o2)CC1. The molecule has 2 aromatic rings. The van der Waals surface area contributed by atoms with Crippen LogP contribution in [0.3, 0.4) is 0 Å². The van der Waals surface area contributed by atoms with E-state index in [2.05, 4.69) is 16.6 Å². The molecule has 18 heavy (non-hydrogen) atoms. The molecule has 0 radical (unpaired) electrons. The lowest BCUT2D eigenvalue weighted by molar-refractivity contribution is 0.460. The van der Waals surface area contributed by atoms with Gasteiger partial charge in [0.2, 0.25) is 0 Å². The number of nitrogens with one attached hydrogen (secondary N) is 1. The first-order valence-corrected chi connectivity index (χ1v) is 7.79. The maximum atomic E-state index is 5.70. The van der Waals surface area contributed by atoms with Crippen LogP contribution in [0.2, 0.25) is 0 Å². The standard InChI is InChI=1S/C14H18N2OS/c1-18-11-8-6-10(7-9-11)15-14-16-12-4-2-3-5-13(12)17-14/h2-5,10-11H,6-9H2,1H3,(H,15,16). The highest BCUT2D eigenvalue weighted by molar-refractivity contribution is 7.99. The van der Waals surface area contributed by atoms with E-state index in [-0.39, 0.29) is 0 Å². The largest absolute Gasteiger partial charge is 0.424 e. The van der Waals surface area contributed by atoms with Crippen molar-refractivity contribution in [1.82, 2.24) is 4.98 Å². The van der Waals surface area contributed by atoms with Crippen molar-refractivity contribution in [1.29, 1.82) is 0 Å². The van der Waals surface area contributed by atoms with E-state index in [1.807, 2.05) is 36.0 Å². The number of fused-ring (bicyclic) bond motifs is 1. The molecule has 96 valence electrons. The zero-order chi connectivity index (χ0) is 12.4. The van der Waals surface area contributed by atoms with Crippen molar-refractivity contribution in [2.75, 3.05) is 11.6 Å². The van der Waals surface area contributed by atoms with Gasteiger partial charge in [0.1, 0.15) is 5.52 Å².